The predicted octanol–water partition coefficient (Wildman–Crippen LogP) is 3.55. The number of ether oxygens (including phenoxy) is 2. The van der Waals surface area contributed by atoms with Crippen LogP contribution in [-0.2, 0) is 9.59 Å². The van der Waals surface area contributed by atoms with Crippen molar-refractivity contribution in [3.63, 3.8) is 0 Å². The van der Waals surface area contributed by atoms with Gasteiger partial charge in [-0.05, 0) is 30.7 Å². The number of aliphatic carboxylic acids is 1. The number of carbonyl (C=O) groups excluding carboxylic acids is 1. The van der Waals surface area contributed by atoms with Gasteiger partial charge in [0.15, 0.2) is 11.5 Å². The number of aryl methyl sites for hydroxylation is 1. The molecular weight excluding hydrogens is 372 g/mol. The highest BCUT2D eigenvalue weighted by molar-refractivity contribution is 6.03. The number of methoxy groups -OCH3 is 2. The Morgan fingerprint density at radius 3 is 2.38 bits per heavy atom. The van der Waals surface area contributed by atoms with E-state index in [1.807, 2.05) is 43.3 Å². The fraction of sp³-hybridized carbons (Fsp3) is 0.318. The van der Waals surface area contributed by atoms with Crippen LogP contribution >= 0.6 is 0 Å². The van der Waals surface area contributed by atoms with Crippen molar-refractivity contribution in [2.24, 2.45) is 5.10 Å². The van der Waals surface area contributed by atoms with Crippen LogP contribution < -0.4 is 9.47 Å². The summed E-state index contributed by atoms with van der Waals surface area (Å²) in [5.74, 6) is -0.128. The van der Waals surface area contributed by atoms with E-state index in [2.05, 4.69) is 5.10 Å². The number of carboxylic acid groups (broad SMARTS) is 1. The predicted molar refractivity (Wildman–Crippen MR) is 108 cm³/mol. The van der Waals surface area contributed by atoms with Gasteiger partial charge in [0.25, 0.3) is 0 Å². The van der Waals surface area contributed by atoms with E-state index in [9.17, 15) is 9.59 Å². The molecule has 29 heavy (non-hydrogen) atoms. The monoisotopic (exact) mass is 396 g/mol. The third-order valence-electron chi connectivity index (χ3n) is 4.90. The molecule has 1 atom stereocenters. The molecule has 7 nitrogen and oxygen atoms in total. The number of benzene rings is 2. The molecule has 0 spiro atoms. The van der Waals surface area contributed by atoms with E-state index >= 15 is 0 Å². The SMILES string of the molecule is COc1ccc(C2=NN(C(=O)CCC(=O)O)C(c3ccc(C)cc3)C2)cc1OC. The Labute approximate surface area is 169 Å². The van der Waals surface area contributed by atoms with Crippen molar-refractivity contribution in [1.82, 2.24) is 5.01 Å². The Balaban J connectivity index is 1.94. The van der Waals surface area contributed by atoms with E-state index in [0.29, 0.717) is 17.9 Å². The van der Waals surface area contributed by atoms with Gasteiger partial charge in [0, 0.05) is 18.4 Å². The lowest BCUT2D eigenvalue weighted by Gasteiger charge is -2.22. The molecule has 0 aromatic heterocycles. The van der Waals surface area contributed by atoms with Gasteiger partial charge in [-0.25, -0.2) is 5.01 Å². The maximum atomic E-state index is 12.7. The van der Waals surface area contributed by atoms with Crippen LogP contribution in [0.2, 0.25) is 0 Å². The maximum Gasteiger partial charge on any atom is 0.303 e. The third kappa shape index (κ3) is 4.56. The molecule has 1 N–H and O–H groups in total. The number of carbonyl (C=O) groups is 2. The first-order valence-corrected chi connectivity index (χ1v) is 9.33. The lowest BCUT2D eigenvalue weighted by molar-refractivity contribution is -0.141. The largest absolute Gasteiger partial charge is 0.493 e. The van der Waals surface area contributed by atoms with Crippen molar-refractivity contribution >= 4 is 17.6 Å². The Morgan fingerprint density at radius 1 is 1.07 bits per heavy atom. The number of rotatable bonds is 7. The van der Waals surface area contributed by atoms with Crippen LogP contribution in [0.3, 0.4) is 0 Å². The van der Waals surface area contributed by atoms with E-state index in [-0.39, 0.29) is 24.8 Å². The summed E-state index contributed by atoms with van der Waals surface area (Å²) in [5.41, 5.74) is 3.64. The lowest BCUT2D eigenvalue weighted by atomic mass is 9.97. The fourth-order valence-electron chi connectivity index (χ4n) is 3.31. The average molecular weight is 396 g/mol. The van der Waals surface area contributed by atoms with Crippen molar-refractivity contribution in [3.05, 3.63) is 59.2 Å². The molecule has 1 aliphatic heterocycles. The van der Waals surface area contributed by atoms with Gasteiger partial charge in [-0.2, -0.15) is 5.10 Å². The summed E-state index contributed by atoms with van der Waals surface area (Å²) >= 11 is 0. The summed E-state index contributed by atoms with van der Waals surface area (Å²) in [6.07, 6.45) is 0.203. The molecule has 0 radical (unpaired) electrons. The minimum atomic E-state index is -1.01. The number of hydrazone groups is 1. The Kier molecular flexibility index (Phi) is 6.16. The number of amides is 1. The van der Waals surface area contributed by atoms with Crippen LogP contribution in [0, 0.1) is 6.92 Å². The molecule has 0 aliphatic carbocycles. The number of hydrogen-bond acceptors (Lipinski definition) is 5. The highest BCUT2D eigenvalue weighted by Gasteiger charge is 2.33. The van der Waals surface area contributed by atoms with Crippen LogP contribution in [0.15, 0.2) is 47.6 Å². The van der Waals surface area contributed by atoms with Crippen molar-refractivity contribution in [1.29, 1.82) is 0 Å². The van der Waals surface area contributed by atoms with Crippen LogP contribution in [0.5, 0.6) is 11.5 Å². The smallest absolute Gasteiger partial charge is 0.303 e. The van der Waals surface area contributed by atoms with Crippen LogP contribution in [0.1, 0.15) is 42.0 Å². The number of hydrogen-bond donors (Lipinski definition) is 1. The highest BCUT2D eigenvalue weighted by Crippen LogP contribution is 2.35. The molecule has 0 bridgehead atoms. The summed E-state index contributed by atoms with van der Waals surface area (Å²) in [4.78, 5) is 23.6. The Morgan fingerprint density at radius 2 is 1.76 bits per heavy atom. The van der Waals surface area contributed by atoms with Crippen molar-refractivity contribution < 1.29 is 24.2 Å². The first-order chi connectivity index (χ1) is 13.9. The van der Waals surface area contributed by atoms with Crippen molar-refractivity contribution in [2.45, 2.75) is 32.2 Å². The second-order valence-electron chi connectivity index (χ2n) is 6.88. The van der Waals surface area contributed by atoms with Gasteiger partial charge in [0.2, 0.25) is 5.91 Å². The Bertz CT molecular complexity index is 937. The highest BCUT2D eigenvalue weighted by atomic mass is 16.5. The van der Waals surface area contributed by atoms with Gasteiger partial charge in [-0.1, -0.05) is 29.8 Å². The summed E-state index contributed by atoms with van der Waals surface area (Å²) < 4.78 is 10.7. The van der Waals surface area contributed by atoms with Gasteiger partial charge in [-0.15, -0.1) is 0 Å². The number of nitrogens with zero attached hydrogens (tertiary/aromatic N) is 2. The molecule has 1 heterocycles. The topological polar surface area (TPSA) is 88.4 Å². The lowest BCUT2D eigenvalue weighted by Crippen LogP contribution is -2.27. The fourth-order valence-corrected chi connectivity index (χ4v) is 3.31. The second-order valence-corrected chi connectivity index (χ2v) is 6.88. The normalized spacial score (nSPS) is 15.8. The van der Waals surface area contributed by atoms with Crippen molar-refractivity contribution in [3.8, 4) is 11.5 Å². The van der Waals surface area contributed by atoms with Gasteiger partial charge in [0.1, 0.15) is 0 Å². The summed E-state index contributed by atoms with van der Waals surface area (Å²) in [5, 5.41) is 14.9. The van der Waals surface area contributed by atoms with E-state index < -0.39 is 5.97 Å². The van der Waals surface area contributed by atoms with E-state index in [0.717, 1.165) is 22.4 Å². The zero-order chi connectivity index (χ0) is 21.0. The van der Waals surface area contributed by atoms with Crippen LogP contribution in [0.4, 0.5) is 0 Å². The van der Waals surface area contributed by atoms with E-state index in [1.54, 1.807) is 20.3 Å². The van der Waals surface area contributed by atoms with Crippen molar-refractivity contribution in [2.75, 3.05) is 14.2 Å². The Hall–Kier alpha value is -3.35. The molecule has 0 saturated heterocycles. The molecule has 1 unspecified atom stereocenters. The molecule has 7 heteroatoms. The molecule has 0 saturated carbocycles. The van der Waals surface area contributed by atoms with Gasteiger partial charge < -0.3 is 14.6 Å². The molecule has 2 aromatic carbocycles. The van der Waals surface area contributed by atoms with E-state index in [4.69, 9.17) is 14.6 Å². The second kappa shape index (κ2) is 8.77. The first-order valence-electron chi connectivity index (χ1n) is 9.33. The summed E-state index contributed by atoms with van der Waals surface area (Å²) in [7, 11) is 3.13. The minimum Gasteiger partial charge on any atom is -0.493 e. The van der Waals surface area contributed by atoms with Gasteiger partial charge in [0.05, 0.1) is 32.4 Å². The molecule has 0 fully saturated rings. The maximum absolute atomic E-state index is 12.7. The zero-order valence-electron chi connectivity index (χ0n) is 16.7. The van der Waals surface area contributed by atoms with Gasteiger partial charge in [-0.3, -0.25) is 9.59 Å². The minimum absolute atomic E-state index is 0.0968. The molecule has 1 aliphatic rings. The zero-order valence-corrected chi connectivity index (χ0v) is 16.7. The molecule has 152 valence electrons. The van der Waals surface area contributed by atoms with E-state index in [1.165, 1.54) is 5.01 Å². The molecular formula is C22H24N2O5. The van der Waals surface area contributed by atoms with Crippen LogP contribution in [-0.4, -0.2) is 41.9 Å². The molecule has 1 amide bonds. The standard InChI is InChI=1S/C22H24N2O5/c1-14-4-6-15(7-5-14)18-13-17(23-24(18)21(25)10-11-22(26)27)16-8-9-19(28-2)20(12-16)29-3/h4-9,12,18H,10-11,13H2,1-3H3,(H,26,27). The molecule has 3 rings (SSSR count). The first kappa shape index (κ1) is 20.4. The van der Waals surface area contributed by atoms with Gasteiger partial charge >= 0.3 is 5.97 Å². The summed E-state index contributed by atoms with van der Waals surface area (Å²) in [6, 6.07) is 13.2. The number of carboxylic acids is 1. The molecule has 2 aromatic rings. The summed E-state index contributed by atoms with van der Waals surface area (Å²) in [6.45, 7) is 2.00. The van der Waals surface area contributed by atoms with Crippen LogP contribution in [0.25, 0.3) is 0 Å². The average Bonchev–Trinajstić information content (AvgIpc) is 3.17. The quantitative estimate of drug-likeness (QED) is 0.773. The third-order valence-corrected chi connectivity index (χ3v) is 4.90.